The van der Waals surface area contributed by atoms with E-state index in [4.69, 9.17) is 28.9 Å². The second-order valence-corrected chi connectivity index (χ2v) is 4.53. The number of aromatic nitrogens is 2. The highest BCUT2D eigenvalue weighted by molar-refractivity contribution is 6.35. The lowest BCUT2D eigenvalue weighted by molar-refractivity contribution is 0.807. The molecule has 0 saturated heterocycles. The Balaban J connectivity index is 2.56. The molecule has 0 amide bonds. The SMILES string of the molecule is CCc1c(CN)cnn1-c1ccc(Cl)cc1Cl. The quantitative estimate of drug-likeness (QED) is 0.930. The summed E-state index contributed by atoms with van der Waals surface area (Å²) in [5.74, 6) is 0. The molecule has 0 unspecified atom stereocenters. The summed E-state index contributed by atoms with van der Waals surface area (Å²) < 4.78 is 1.82. The highest BCUT2D eigenvalue weighted by Gasteiger charge is 2.12. The Morgan fingerprint density at radius 2 is 2.12 bits per heavy atom. The summed E-state index contributed by atoms with van der Waals surface area (Å²) in [7, 11) is 0. The van der Waals surface area contributed by atoms with Crippen LogP contribution in [0.3, 0.4) is 0 Å². The molecule has 0 saturated carbocycles. The van der Waals surface area contributed by atoms with Crippen LogP contribution in [0, 0.1) is 0 Å². The van der Waals surface area contributed by atoms with E-state index in [1.165, 1.54) is 0 Å². The van der Waals surface area contributed by atoms with Gasteiger partial charge < -0.3 is 5.73 Å². The Morgan fingerprint density at radius 3 is 2.71 bits per heavy atom. The summed E-state index contributed by atoms with van der Waals surface area (Å²) in [4.78, 5) is 0. The average Bonchev–Trinajstić information content (AvgIpc) is 2.71. The Kier molecular flexibility index (Phi) is 3.72. The van der Waals surface area contributed by atoms with E-state index in [2.05, 4.69) is 12.0 Å². The molecule has 0 fully saturated rings. The van der Waals surface area contributed by atoms with Gasteiger partial charge in [-0.3, -0.25) is 0 Å². The van der Waals surface area contributed by atoms with Gasteiger partial charge >= 0.3 is 0 Å². The molecule has 90 valence electrons. The van der Waals surface area contributed by atoms with Crippen molar-refractivity contribution in [3.63, 3.8) is 0 Å². The molecule has 3 nitrogen and oxygen atoms in total. The van der Waals surface area contributed by atoms with E-state index in [0.717, 1.165) is 23.4 Å². The Morgan fingerprint density at radius 1 is 1.35 bits per heavy atom. The molecule has 0 bridgehead atoms. The molecule has 0 aliphatic rings. The number of hydrogen-bond donors (Lipinski definition) is 1. The normalized spacial score (nSPS) is 10.8. The van der Waals surface area contributed by atoms with E-state index in [1.807, 2.05) is 10.7 Å². The summed E-state index contributed by atoms with van der Waals surface area (Å²) in [5.41, 5.74) is 8.62. The van der Waals surface area contributed by atoms with Gasteiger partial charge in [-0.15, -0.1) is 0 Å². The maximum absolute atomic E-state index is 6.17. The number of hydrogen-bond acceptors (Lipinski definition) is 2. The molecular weight excluding hydrogens is 257 g/mol. The first kappa shape index (κ1) is 12.4. The molecule has 1 aromatic heterocycles. The van der Waals surface area contributed by atoms with Gasteiger partial charge in [-0.05, 0) is 24.6 Å². The van der Waals surface area contributed by atoms with Crippen LogP contribution in [0.4, 0.5) is 0 Å². The fourth-order valence-corrected chi connectivity index (χ4v) is 2.30. The van der Waals surface area contributed by atoms with Crippen LogP contribution in [0.1, 0.15) is 18.2 Å². The van der Waals surface area contributed by atoms with Gasteiger partial charge in [-0.1, -0.05) is 30.1 Å². The van der Waals surface area contributed by atoms with E-state index in [1.54, 1.807) is 18.3 Å². The summed E-state index contributed by atoms with van der Waals surface area (Å²) in [6.07, 6.45) is 2.63. The first-order chi connectivity index (χ1) is 8.17. The van der Waals surface area contributed by atoms with Crippen LogP contribution < -0.4 is 5.73 Å². The first-order valence-electron chi connectivity index (χ1n) is 5.38. The summed E-state index contributed by atoms with van der Waals surface area (Å²) >= 11 is 12.0. The van der Waals surface area contributed by atoms with Gasteiger partial charge in [0.05, 0.1) is 16.9 Å². The molecule has 0 radical (unpaired) electrons. The first-order valence-corrected chi connectivity index (χ1v) is 6.14. The van der Waals surface area contributed by atoms with E-state index in [9.17, 15) is 0 Å². The predicted octanol–water partition coefficient (Wildman–Crippen LogP) is 3.20. The molecule has 2 rings (SSSR count). The van der Waals surface area contributed by atoms with E-state index < -0.39 is 0 Å². The van der Waals surface area contributed by atoms with Crippen LogP contribution in [0.5, 0.6) is 0 Å². The number of rotatable bonds is 3. The molecule has 2 N–H and O–H groups in total. The average molecular weight is 270 g/mol. The summed E-state index contributed by atoms with van der Waals surface area (Å²) in [6.45, 7) is 2.55. The molecule has 0 aliphatic carbocycles. The van der Waals surface area contributed by atoms with Crippen LogP contribution >= 0.6 is 23.2 Å². The van der Waals surface area contributed by atoms with Gasteiger partial charge in [0.1, 0.15) is 0 Å². The Bertz CT molecular complexity index is 535. The maximum Gasteiger partial charge on any atom is 0.0836 e. The van der Waals surface area contributed by atoms with Gasteiger partial charge in [-0.2, -0.15) is 5.10 Å². The third kappa shape index (κ3) is 2.32. The minimum absolute atomic E-state index is 0.481. The topological polar surface area (TPSA) is 43.8 Å². The van der Waals surface area contributed by atoms with Crippen LogP contribution in [0.25, 0.3) is 5.69 Å². The molecule has 2 aromatic rings. The van der Waals surface area contributed by atoms with Crippen molar-refractivity contribution in [1.29, 1.82) is 0 Å². The molecule has 17 heavy (non-hydrogen) atoms. The molecule has 0 aliphatic heterocycles. The number of benzene rings is 1. The molecule has 1 heterocycles. The molecule has 5 heteroatoms. The molecule has 0 spiro atoms. The molecular formula is C12H13Cl2N3. The van der Waals surface area contributed by atoms with Crippen LogP contribution in [-0.4, -0.2) is 9.78 Å². The highest BCUT2D eigenvalue weighted by atomic mass is 35.5. The monoisotopic (exact) mass is 269 g/mol. The van der Waals surface area contributed by atoms with Crippen LogP contribution in [0.15, 0.2) is 24.4 Å². The van der Waals surface area contributed by atoms with E-state index >= 15 is 0 Å². The minimum Gasteiger partial charge on any atom is -0.326 e. The van der Waals surface area contributed by atoms with Crippen molar-refractivity contribution in [3.8, 4) is 5.69 Å². The van der Waals surface area contributed by atoms with Crippen LogP contribution in [0.2, 0.25) is 10.0 Å². The van der Waals surface area contributed by atoms with Crippen molar-refractivity contribution in [2.24, 2.45) is 5.73 Å². The highest BCUT2D eigenvalue weighted by Crippen LogP contribution is 2.26. The van der Waals surface area contributed by atoms with Gasteiger partial charge in [0.25, 0.3) is 0 Å². The molecule has 1 aromatic carbocycles. The van der Waals surface area contributed by atoms with Gasteiger partial charge in [0.15, 0.2) is 0 Å². The van der Waals surface area contributed by atoms with Crippen molar-refractivity contribution in [2.45, 2.75) is 19.9 Å². The largest absolute Gasteiger partial charge is 0.326 e. The fourth-order valence-electron chi connectivity index (χ4n) is 1.82. The number of nitrogens with two attached hydrogens (primary N) is 1. The van der Waals surface area contributed by atoms with E-state index in [-0.39, 0.29) is 0 Å². The zero-order chi connectivity index (χ0) is 12.4. The lowest BCUT2D eigenvalue weighted by Gasteiger charge is -2.09. The lowest BCUT2D eigenvalue weighted by atomic mass is 10.2. The van der Waals surface area contributed by atoms with Crippen molar-refractivity contribution >= 4 is 23.2 Å². The van der Waals surface area contributed by atoms with E-state index in [0.29, 0.717) is 16.6 Å². The Labute approximate surface area is 110 Å². The van der Waals surface area contributed by atoms with Crippen molar-refractivity contribution in [2.75, 3.05) is 0 Å². The predicted molar refractivity (Wildman–Crippen MR) is 70.9 cm³/mol. The van der Waals surface area contributed by atoms with Crippen molar-refractivity contribution in [1.82, 2.24) is 9.78 Å². The van der Waals surface area contributed by atoms with Gasteiger partial charge in [-0.25, -0.2) is 4.68 Å². The van der Waals surface area contributed by atoms with Crippen LogP contribution in [-0.2, 0) is 13.0 Å². The number of nitrogens with zero attached hydrogens (tertiary/aromatic N) is 2. The fraction of sp³-hybridized carbons (Fsp3) is 0.250. The molecule has 0 atom stereocenters. The third-order valence-corrected chi connectivity index (χ3v) is 3.19. The van der Waals surface area contributed by atoms with Crippen molar-refractivity contribution in [3.05, 3.63) is 45.7 Å². The lowest BCUT2D eigenvalue weighted by Crippen LogP contribution is -2.05. The summed E-state index contributed by atoms with van der Waals surface area (Å²) in [5, 5.41) is 5.52. The number of halogens is 2. The Hall–Kier alpha value is -1.03. The second kappa shape index (κ2) is 5.08. The van der Waals surface area contributed by atoms with Gasteiger partial charge in [0, 0.05) is 22.8 Å². The zero-order valence-electron chi connectivity index (χ0n) is 9.45. The van der Waals surface area contributed by atoms with Gasteiger partial charge in [0.2, 0.25) is 0 Å². The maximum atomic E-state index is 6.17. The smallest absolute Gasteiger partial charge is 0.0836 e. The second-order valence-electron chi connectivity index (χ2n) is 3.68. The van der Waals surface area contributed by atoms with Crippen molar-refractivity contribution < 1.29 is 0 Å². The summed E-state index contributed by atoms with van der Waals surface area (Å²) in [6, 6.07) is 5.37. The third-order valence-electron chi connectivity index (χ3n) is 2.65. The minimum atomic E-state index is 0.481. The standard InChI is InChI=1S/C12H13Cl2N3/c1-2-11-8(6-15)7-16-17(11)12-4-3-9(13)5-10(12)14/h3-5,7H,2,6,15H2,1H3. The zero-order valence-corrected chi connectivity index (χ0v) is 11.0.